The molecule has 19 heavy (non-hydrogen) atoms. The van der Waals surface area contributed by atoms with Gasteiger partial charge < -0.3 is 10.4 Å². The van der Waals surface area contributed by atoms with Crippen LogP contribution >= 0.6 is 0 Å². The van der Waals surface area contributed by atoms with Gasteiger partial charge in [-0.2, -0.15) is 0 Å². The number of carboxylic acids is 1. The van der Waals surface area contributed by atoms with E-state index in [1.54, 1.807) is 0 Å². The van der Waals surface area contributed by atoms with Crippen molar-refractivity contribution in [1.29, 1.82) is 0 Å². The third-order valence-corrected chi connectivity index (χ3v) is 3.21. The van der Waals surface area contributed by atoms with E-state index in [4.69, 9.17) is 5.11 Å². The van der Waals surface area contributed by atoms with Crippen molar-refractivity contribution in [3.05, 3.63) is 29.3 Å². The van der Waals surface area contributed by atoms with Crippen molar-refractivity contribution in [2.75, 3.05) is 5.32 Å². The lowest BCUT2D eigenvalue weighted by molar-refractivity contribution is -0.137. The van der Waals surface area contributed by atoms with E-state index in [1.807, 2.05) is 39.0 Å². The molecular formula is C15H21NO3. The molecule has 0 bridgehead atoms. The molecule has 2 N–H and O–H groups in total. The summed E-state index contributed by atoms with van der Waals surface area (Å²) in [6, 6.07) is 5.83. The molecule has 1 aromatic rings. The lowest BCUT2D eigenvalue weighted by atomic mass is 9.99. The predicted octanol–water partition coefficient (Wildman–Crippen LogP) is 3.13. The van der Waals surface area contributed by atoms with Crippen molar-refractivity contribution < 1.29 is 14.7 Å². The predicted molar refractivity (Wildman–Crippen MR) is 75.2 cm³/mol. The summed E-state index contributed by atoms with van der Waals surface area (Å²) in [5.74, 6) is -1.22. The quantitative estimate of drug-likeness (QED) is 0.828. The second-order valence-electron chi connectivity index (χ2n) is 4.85. The zero-order valence-electron chi connectivity index (χ0n) is 11.7. The molecule has 1 amide bonds. The molecule has 0 saturated heterocycles. The summed E-state index contributed by atoms with van der Waals surface area (Å²) >= 11 is 0. The number of carbonyl (C=O) groups is 2. The van der Waals surface area contributed by atoms with Gasteiger partial charge in [-0.1, -0.05) is 24.6 Å². The second kappa shape index (κ2) is 6.92. The molecule has 0 aliphatic heterocycles. The monoisotopic (exact) mass is 263 g/mol. The number of hydrogen-bond acceptors (Lipinski definition) is 2. The van der Waals surface area contributed by atoms with Gasteiger partial charge in [0.25, 0.3) is 0 Å². The van der Waals surface area contributed by atoms with Crippen molar-refractivity contribution in [2.24, 2.45) is 5.92 Å². The van der Waals surface area contributed by atoms with E-state index >= 15 is 0 Å². The maximum Gasteiger partial charge on any atom is 0.303 e. The Labute approximate surface area is 113 Å². The smallest absolute Gasteiger partial charge is 0.303 e. The van der Waals surface area contributed by atoms with Crippen molar-refractivity contribution in [3.8, 4) is 0 Å². The highest BCUT2D eigenvalue weighted by Gasteiger charge is 2.18. The van der Waals surface area contributed by atoms with Crippen LogP contribution in [0.5, 0.6) is 0 Å². The fourth-order valence-corrected chi connectivity index (χ4v) is 2.01. The Morgan fingerprint density at radius 1 is 1.32 bits per heavy atom. The second-order valence-corrected chi connectivity index (χ2v) is 4.85. The van der Waals surface area contributed by atoms with E-state index in [0.29, 0.717) is 12.8 Å². The molecule has 4 heteroatoms. The fraction of sp³-hybridized carbons (Fsp3) is 0.467. The first-order valence-electron chi connectivity index (χ1n) is 6.54. The maximum atomic E-state index is 12.1. The number of rotatable bonds is 6. The van der Waals surface area contributed by atoms with Crippen LogP contribution in [0, 0.1) is 19.8 Å². The first kappa shape index (κ1) is 15.2. The molecule has 1 rings (SSSR count). The molecule has 0 aliphatic rings. The van der Waals surface area contributed by atoms with E-state index in [2.05, 4.69) is 5.32 Å². The molecule has 0 radical (unpaired) electrons. The van der Waals surface area contributed by atoms with E-state index in [0.717, 1.165) is 16.8 Å². The van der Waals surface area contributed by atoms with E-state index in [1.165, 1.54) is 0 Å². The molecule has 0 aromatic heterocycles. The van der Waals surface area contributed by atoms with Crippen LogP contribution in [-0.4, -0.2) is 17.0 Å². The Kier molecular flexibility index (Phi) is 5.55. The summed E-state index contributed by atoms with van der Waals surface area (Å²) in [6.45, 7) is 5.84. The van der Waals surface area contributed by atoms with Gasteiger partial charge in [0, 0.05) is 18.0 Å². The van der Waals surface area contributed by atoms with E-state index in [-0.39, 0.29) is 18.2 Å². The van der Waals surface area contributed by atoms with Crippen molar-refractivity contribution >= 4 is 17.6 Å². The Balaban J connectivity index is 2.68. The van der Waals surface area contributed by atoms with Crippen LogP contribution in [-0.2, 0) is 9.59 Å². The zero-order chi connectivity index (χ0) is 14.4. The van der Waals surface area contributed by atoms with Gasteiger partial charge in [0.15, 0.2) is 0 Å². The summed E-state index contributed by atoms with van der Waals surface area (Å²) in [4.78, 5) is 22.6. The Bertz CT molecular complexity index is 468. The fourth-order valence-electron chi connectivity index (χ4n) is 2.01. The molecule has 0 heterocycles. The SMILES string of the molecule is CCC(CCC(=O)O)C(=O)Nc1ccc(C)cc1C. The van der Waals surface area contributed by atoms with Gasteiger partial charge in [0.2, 0.25) is 5.91 Å². The van der Waals surface area contributed by atoms with Gasteiger partial charge in [-0.3, -0.25) is 9.59 Å². The Morgan fingerprint density at radius 2 is 2.00 bits per heavy atom. The molecule has 104 valence electrons. The van der Waals surface area contributed by atoms with Crippen LogP contribution in [0.1, 0.15) is 37.3 Å². The summed E-state index contributed by atoms with van der Waals surface area (Å²) in [6.07, 6.45) is 1.05. The highest BCUT2D eigenvalue weighted by molar-refractivity contribution is 5.93. The summed E-state index contributed by atoms with van der Waals surface area (Å²) < 4.78 is 0. The summed E-state index contributed by atoms with van der Waals surface area (Å²) in [7, 11) is 0. The number of hydrogen-bond donors (Lipinski definition) is 2. The summed E-state index contributed by atoms with van der Waals surface area (Å²) in [5.41, 5.74) is 2.96. The van der Waals surface area contributed by atoms with Crippen molar-refractivity contribution in [3.63, 3.8) is 0 Å². The number of amides is 1. The van der Waals surface area contributed by atoms with E-state index in [9.17, 15) is 9.59 Å². The Morgan fingerprint density at radius 3 is 2.53 bits per heavy atom. The standard InChI is InChI=1S/C15H21NO3/c1-4-12(6-8-14(17)18)15(19)16-13-7-5-10(2)9-11(13)3/h5,7,9,12H,4,6,8H2,1-3H3,(H,16,19)(H,17,18). The van der Waals surface area contributed by atoms with Gasteiger partial charge in [-0.25, -0.2) is 0 Å². The molecule has 0 spiro atoms. The first-order valence-corrected chi connectivity index (χ1v) is 6.54. The molecule has 0 fully saturated rings. The van der Waals surface area contributed by atoms with E-state index < -0.39 is 5.97 Å². The molecule has 4 nitrogen and oxygen atoms in total. The van der Waals surface area contributed by atoms with Crippen LogP contribution in [0.2, 0.25) is 0 Å². The zero-order valence-corrected chi connectivity index (χ0v) is 11.7. The lowest BCUT2D eigenvalue weighted by Gasteiger charge is -2.15. The third kappa shape index (κ3) is 4.73. The van der Waals surface area contributed by atoms with Crippen molar-refractivity contribution in [2.45, 2.75) is 40.0 Å². The van der Waals surface area contributed by atoms with Crippen LogP contribution in [0.15, 0.2) is 18.2 Å². The maximum absolute atomic E-state index is 12.1. The van der Waals surface area contributed by atoms with Crippen molar-refractivity contribution in [1.82, 2.24) is 0 Å². The first-order chi connectivity index (χ1) is 8.93. The number of benzene rings is 1. The van der Waals surface area contributed by atoms with Gasteiger partial charge in [-0.15, -0.1) is 0 Å². The van der Waals surface area contributed by atoms with Crippen LogP contribution < -0.4 is 5.32 Å². The minimum Gasteiger partial charge on any atom is -0.481 e. The molecule has 0 aliphatic carbocycles. The average molecular weight is 263 g/mol. The number of nitrogens with one attached hydrogen (secondary N) is 1. The summed E-state index contributed by atoms with van der Waals surface area (Å²) in [5, 5.41) is 11.6. The molecule has 1 aromatic carbocycles. The van der Waals surface area contributed by atoms with Crippen LogP contribution in [0.4, 0.5) is 5.69 Å². The molecule has 0 saturated carbocycles. The number of aliphatic carboxylic acids is 1. The minimum atomic E-state index is -0.863. The van der Waals surface area contributed by atoms with Gasteiger partial charge >= 0.3 is 5.97 Å². The average Bonchev–Trinajstić information content (AvgIpc) is 2.33. The van der Waals surface area contributed by atoms with Crippen LogP contribution in [0.3, 0.4) is 0 Å². The largest absolute Gasteiger partial charge is 0.481 e. The normalized spacial score (nSPS) is 11.9. The number of aryl methyl sites for hydroxylation is 2. The molecule has 1 unspecified atom stereocenters. The molecule has 1 atom stereocenters. The third-order valence-electron chi connectivity index (χ3n) is 3.21. The minimum absolute atomic E-state index is 0.0266. The molecular weight excluding hydrogens is 242 g/mol. The highest BCUT2D eigenvalue weighted by atomic mass is 16.4. The van der Waals surface area contributed by atoms with Gasteiger partial charge in [-0.05, 0) is 38.3 Å². The number of carbonyl (C=O) groups excluding carboxylic acids is 1. The number of anilines is 1. The lowest BCUT2D eigenvalue weighted by Crippen LogP contribution is -2.23. The van der Waals surface area contributed by atoms with Crippen LogP contribution in [0.25, 0.3) is 0 Å². The highest BCUT2D eigenvalue weighted by Crippen LogP contribution is 2.19. The number of carboxylic acid groups (broad SMARTS) is 1. The van der Waals surface area contributed by atoms with Gasteiger partial charge in [0.1, 0.15) is 0 Å². The topological polar surface area (TPSA) is 66.4 Å². The van der Waals surface area contributed by atoms with Gasteiger partial charge in [0.05, 0.1) is 0 Å². The Hall–Kier alpha value is -1.84.